The van der Waals surface area contributed by atoms with Crippen molar-refractivity contribution in [1.29, 1.82) is 0 Å². The van der Waals surface area contributed by atoms with Gasteiger partial charge < -0.3 is 14.8 Å². The van der Waals surface area contributed by atoms with E-state index in [1.807, 2.05) is 25.1 Å². The number of benzene rings is 1. The Hall–Kier alpha value is -2.08. The maximum absolute atomic E-state index is 5.83. The van der Waals surface area contributed by atoms with E-state index < -0.39 is 0 Å². The molecule has 0 saturated heterocycles. The van der Waals surface area contributed by atoms with Crippen molar-refractivity contribution in [2.75, 3.05) is 13.7 Å². The third kappa shape index (κ3) is 4.19. The molecule has 114 valence electrons. The van der Waals surface area contributed by atoms with E-state index in [4.69, 9.17) is 9.47 Å². The van der Waals surface area contributed by atoms with Crippen molar-refractivity contribution in [3.63, 3.8) is 0 Å². The summed E-state index contributed by atoms with van der Waals surface area (Å²) in [5, 5.41) is 10.9. The van der Waals surface area contributed by atoms with E-state index in [1.165, 1.54) is 0 Å². The van der Waals surface area contributed by atoms with E-state index in [0.717, 1.165) is 42.3 Å². The molecule has 0 radical (unpaired) electrons. The number of aromatic nitrogens is 2. The second-order valence-corrected chi connectivity index (χ2v) is 4.74. The molecule has 0 unspecified atom stereocenters. The molecule has 6 heteroatoms. The molecular weight excluding hydrogens is 270 g/mol. The van der Waals surface area contributed by atoms with Crippen LogP contribution >= 0.6 is 0 Å². The Kier molecular flexibility index (Phi) is 5.57. The highest BCUT2D eigenvalue weighted by Crippen LogP contribution is 2.25. The molecule has 6 nitrogen and oxygen atoms in total. The third-order valence-electron chi connectivity index (χ3n) is 3.12. The molecule has 0 fully saturated rings. The summed E-state index contributed by atoms with van der Waals surface area (Å²) in [6.07, 6.45) is 1.09. The number of hydrogen-bond donors (Lipinski definition) is 1. The van der Waals surface area contributed by atoms with Crippen molar-refractivity contribution in [1.82, 2.24) is 15.6 Å². The molecule has 0 spiro atoms. The number of ether oxygens (including phenoxy) is 2. The normalized spacial score (nSPS) is 10.6. The molecule has 1 N–H and O–H groups in total. The minimum absolute atomic E-state index is 0.336. The minimum Gasteiger partial charge on any atom is -0.497 e. The van der Waals surface area contributed by atoms with Crippen LogP contribution in [0.3, 0.4) is 0 Å². The van der Waals surface area contributed by atoms with E-state index >= 15 is 0 Å². The molecule has 0 bridgehead atoms. The Morgan fingerprint density at radius 1 is 1.29 bits per heavy atom. The van der Waals surface area contributed by atoms with Crippen LogP contribution in [0.2, 0.25) is 0 Å². The molecule has 0 aliphatic rings. The summed E-state index contributed by atoms with van der Waals surface area (Å²) in [6.45, 7) is 6.01. The highest BCUT2D eigenvalue weighted by Gasteiger charge is 2.09. The Morgan fingerprint density at radius 3 is 2.81 bits per heavy atom. The average Bonchev–Trinajstić information content (AvgIpc) is 2.91. The van der Waals surface area contributed by atoms with Gasteiger partial charge in [0.1, 0.15) is 29.5 Å². The van der Waals surface area contributed by atoms with Crippen LogP contribution < -0.4 is 14.8 Å². The maximum Gasteiger partial charge on any atom is 0.145 e. The second kappa shape index (κ2) is 7.64. The van der Waals surface area contributed by atoms with Crippen LogP contribution in [0.4, 0.5) is 0 Å². The summed E-state index contributed by atoms with van der Waals surface area (Å²) in [4.78, 5) is 0. The van der Waals surface area contributed by atoms with Crippen LogP contribution in [0.1, 0.15) is 30.3 Å². The number of aryl methyl sites for hydroxylation is 1. The fraction of sp³-hybridized carbons (Fsp3) is 0.467. The standard InChI is InChI=1S/C15H21N3O3/c1-4-7-16-9-12-8-13(19-3)5-6-15(12)20-10-14-11(2)17-21-18-14/h5-6,8,16H,4,7,9-10H2,1-3H3. The molecule has 0 aliphatic heterocycles. The van der Waals surface area contributed by atoms with Crippen LogP contribution in [0, 0.1) is 6.92 Å². The molecule has 0 saturated carbocycles. The molecule has 1 aromatic heterocycles. The zero-order chi connectivity index (χ0) is 15.1. The molecule has 1 heterocycles. The summed E-state index contributed by atoms with van der Waals surface area (Å²) in [6, 6.07) is 5.77. The van der Waals surface area contributed by atoms with Crippen molar-refractivity contribution in [2.24, 2.45) is 0 Å². The molecule has 1 aromatic carbocycles. The largest absolute Gasteiger partial charge is 0.497 e. The molecule has 2 rings (SSSR count). The van der Waals surface area contributed by atoms with E-state index in [2.05, 4.69) is 27.2 Å². The Balaban J connectivity index is 2.07. The lowest BCUT2D eigenvalue weighted by Crippen LogP contribution is -2.15. The molecule has 0 atom stereocenters. The molecular formula is C15H21N3O3. The summed E-state index contributed by atoms with van der Waals surface area (Å²) < 4.78 is 15.8. The Bertz CT molecular complexity index is 569. The van der Waals surface area contributed by atoms with Crippen molar-refractivity contribution in [3.8, 4) is 11.5 Å². The first-order valence-electron chi connectivity index (χ1n) is 7.03. The predicted molar refractivity (Wildman–Crippen MR) is 78.4 cm³/mol. The lowest BCUT2D eigenvalue weighted by atomic mass is 10.2. The van der Waals surface area contributed by atoms with Gasteiger partial charge in [-0.25, -0.2) is 4.63 Å². The van der Waals surface area contributed by atoms with E-state index in [1.54, 1.807) is 7.11 Å². The zero-order valence-electron chi connectivity index (χ0n) is 12.7. The quantitative estimate of drug-likeness (QED) is 0.753. The minimum atomic E-state index is 0.336. The summed E-state index contributed by atoms with van der Waals surface area (Å²) >= 11 is 0. The van der Waals surface area contributed by atoms with E-state index in [9.17, 15) is 0 Å². The first-order chi connectivity index (χ1) is 10.2. The predicted octanol–water partition coefficient (Wildman–Crippen LogP) is 2.47. The second-order valence-electron chi connectivity index (χ2n) is 4.74. The van der Waals surface area contributed by atoms with Crippen molar-refractivity contribution in [2.45, 2.75) is 33.4 Å². The van der Waals surface area contributed by atoms with Crippen LogP contribution in [0.25, 0.3) is 0 Å². The number of nitrogens with one attached hydrogen (secondary N) is 1. The first-order valence-corrected chi connectivity index (χ1v) is 7.03. The highest BCUT2D eigenvalue weighted by atomic mass is 16.6. The van der Waals surface area contributed by atoms with Gasteiger partial charge in [-0.05, 0) is 38.1 Å². The van der Waals surface area contributed by atoms with Crippen molar-refractivity contribution < 1.29 is 14.1 Å². The van der Waals surface area contributed by atoms with Gasteiger partial charge in [-0.3, -0.25) is 0 Å². The summed E-state index contributed by atoms with van der Waals surface area (Å²) in [5.41, 5.74) is 2.50. The maximum atomic E-state index is 5.83. The SMILES string of the molecule is CCCNCc1cc(OC)ccc1OCc1nonc1C. The van der Waals surface area contributed by atoms with Gasteiger partial charge in [-0.2, -0.15) is 0 Å². The van der Waals surface area contributed by atoms with Gasteiger partial charge >= 0.3 is 0 Å². The van der Waals surface area contributed by atoms with Gasteiger partial charge in [-0.1, -0.05) is 17.2 Å². The van der Waals surface area contributed by atoms with Gasteiger partial charge in [0.25, 0.3) is 0 Å². The molecule has 0 amide bonds. The number of nitrogens with zero attached hydrogens (tertiary/aromatic N) is 2. The topological polar surface area (TPSA) is 69.4 Å². The lowest BCUT2D eigenvalue weighted by molar-refractivity contribution is 0.268. The Labute approximate surface area is 124 Å². The van der Waals surface area contributed by atoms with Crippen LogP contribution in [-0.4, -0.2) is 24.0 Å². The van der Waals surface area contributed by atoms with Gasteiger partial charge in [0.05, 0.1) is 7.11 Å². The number of methoxy groups -OCH3 is 1. The smallest absolute Gasteiger partial charge is 0.145 e. The van der Waals surface area contributed by atoms with Gasteiger partial charge in [0.15, 0.2) is 0 Å². The molecule has 0 aliphatic carbocycles. The third-order valence-corrected chi connectivity index (χ3v) is 3.12. The van der Waals surface area contributed by atoms with Crippen LogP contribution in [0.15, 0.2) is 22.8 Å². The zero-order valence-corrected chi connectivity index (χ0v) is 12.7. The van der Waals surface area contributed by atoms with Gasteiger partial charge in [0, 0.05) is 12.1 Å². The monoisotopic (exact) mass is 291 g/mol. The number of rotatable bonds is 8. The molecule has 2 aromatic rings. The van der Waals surface area contributed by atoms with E-state index in [0.29, 0.717) is 12.3 Å². The lowest BCUT2D eigenvalue weighted by Gasteiger charge is -2.13. The molecule has 21 heavy (non-hydrogen) atoms. The highest BCUT2D eigenvalue weighted by molar-refractivity contribution is 5.40. The number of hydrogen-bond acceptors (Lipinski definition) is 6. The first kappa shape index (κ1) is 15.3. The van der Waals surface area contributed by atoms with Crippen LogP contribution in [0.5, 0.6) is 11.5 Å². The van der Waals surface area contributed by atoms with Crippen molar-refractivity contribution in [3.05, 3.63) is 35.2 Å². The average molecular weight is 291 g/mol. The van der Waals surface area contributed by atoms with Crippen LogP contribution in [-0.2, 0) is 13.2 Å². The summed E-state index contributed by atoms with van der Waals surface area (Å²) in [5.74, 6) is 1.62. The van der Waals surface area contributed by atoms with Crippen molar-refractivity contribution >= 4 is 0 Å². The summed E-state index contributed by atoms with van der Waals surface area (Å²) in [7, 11) is 1.66. The van der Waals surface area contributed by atoms with Gasteiger partial charge in [-0.15, -0.1) is 0 Å². The van der Waals surface area contributed by atoms with E-state index in [-0.39, 0.29) is 0 Å². The Morgan fingerprint density at radius 2 is 2.14 bits per heavy atom. The fourth-order valence-electron chi connectivity index (χ4n) is 1.89. The van der Waals surface area contributed by atoms with Gasteiger partial charge in [0.2, 0.25) is 0 Å². The fourth-order valence-corrected chi connectivity index (χ4v) is 1.89.